The highest BCUT2D eigenvalue weighted by atomic mass is 35.5. The van der Waals surface area contributed by atoms with Crippen LogP contribution in [0.15, 0.2) is 12.7 Å². The molecule has 1 saturated heterocycles. The molecule has 2 aromatic rings. The maximum Gasteiger partial charge on any atom is 0.296 e. The molecule has 0 unspecified atom stereocenters. The number of imide groups is 1. The van der Waals surface area contributed by atoms with Gasteiger partial charge in [-0.15, -0.1) is 0 Å². The van der Waals surface area contributed by atoms with E-state index in [9.17, 15) is 9.59 Å². The van der Waals surface area contributed by atoms with E-state index in [2.05, 4.69) is 19.9 Å². The van der Waals surface area contributed by atoms with Gasteiger partial charge in [0.15, 0.2) is 5.52 Å². The number of carbonyl (C=O) groups is 2. The van der Waals surface area contributed by atoms with Gasteiger partial charge in [0.05, 0.1) is 17.2 Å². The van der Waals surface area contributed by atoms with Crippen molar-refractivity contribution < 1.29 is 27.0 Å². The van der Waals surface area contributed by atoms with Gasteiger partial charge in [-0.2, -0.15) is 4.90 Å². The highest BCUT2D eigenvalue weighted by molar-refractivity contribution is 6.25. The lowest BCUT2D eigenvalue weighted by Gasteiger charge is -2.26. The van der Waals surface area contributed by atoms with Crippen LogP contribution in [-0.2, 0) is 9.59 Å². The topological polar surface area (TPSA) is 93.1 Å². The summed E-state index contributed by atoms with van der Waals surface area (Å²) < 4.78 is 0. The number of aromatic nitrogens is 4. The minimum Gasteiger partial charge on any atom is -1.00 e. The van der Waals surface area contributed by atoms with Crippen LogP contribution in [0.1, 0.15) is 27.7 Å². The number of nitrogens with zero attached hydrogens (tertiary/aromatic N) is 3. The molecule has 3 rings (SSSR count). The molecule has 7 nitrogen and oxygen atoms in total. The molecule has 0 saturated carbocycles. The van der Waals surface area contributed by atoms with Gasteiger partial charge < -0.3 is 17.4 Å². The standard InChI is InChI=1S/C13H15N5O2.ClH/c1-12(2)10(19)18(11(20)13(12,3)4)9-7-8(15-5-14-7)16-6-17-9;/h5-6H,1-4H3,(H,14,15,16,17);1H. The lowest BCUT2D eigenvalue weighted by atomic mass is 9.70. The number of imidazole rings is 1. The zero-order valence-corrected chi connectivity index (χ0v) is 12.9. The molecule has 0 aromatic carbocycles. The molecule has 1 fully saturated rings. The normalized spacial score (nSPS) is 19.9. The first-order valence-electron chi connectivity index (χ1n) is 6.37. The van der Waals surface area contributed by atoms with Gasteiger partial charge in [-0.05, 0) is 27.7 Å². The third-order valence-electron chi connectivity index (χ3n) is 4.51. The quantitative estimate of drug-likeness (QED) is 0.600. The highest BCUT2D eigenvalue weighted by Gasteiger charge is 2.63. The summed E-state index contributed by atoms with van der Waals surface area (Å²) in [6, 6.07) is 0. The van der Waals surface area contributed by atoms with Gasteiger partial charge in [0.25, 0.3) is 23.3 Å². The summed E-state index contributed by atoms with van der Waals surface area (Å²) in [6.07, 6.45) is 2.91. The van der Waals surface area contributed by atoms with Gasteiger partial charge >= 0.3 is 0 Å². The molecule has 2 N–H and O–H groups in total. The summed E-state index contributed by atoms with van der Waals surface area (Å²) in [5, 5.41) is 0. The van der Waals surface area contributed by atoms with Crippen LogP contribution >= 0.6 is 0 Å². The van der Waals surface area contributed by atoms with Gasteiger partial charge in [0.2, 0.25) is 6.33 Å². The van der Waals surface area contributed by atoms with Crippen molar-refractivity contribution in [3.05, 3.63) is 12.7 Å². The van der Waals surface area contributed by atoms with Gasteiger partial charge in [0, 0.05) is 0 Å². The molecule has 1 aliphatic rings. The maximum atomic E-state index is 12.6. The van der Waals surface area contributed by atoms with E-state index in [4.69, 9.17) is 0 Å². The average molecular weight is 310 g/mol. The van der Waals surface area contributed by atoms with Crippen LogP contribution in [0.4, 0.5) is 5.82 Å². The molecule has 21 heavy (non-hydrogen) atoms. The molecule has 0 atom stereocenters. The first kappa shape index (κ1) is 15.4. The maximum absolute atomic E-state index is 12.6. The van der Waals surface area contributed by atoms with Crippen LogP contribution in [0, 0.1) is 10.8 Å². The van der Waals surface area contributed by atoms with E-state index >= 15 is 0 Å². The molecular weight excluding hydrogens is 294 g/mol. The monoisotopic (exact) mass is 309 g/mol. The van der Waals surface area contributed by atoms with Crippen molar-refractivity contribution in [3.8, 4) is 0 Å². The second-order valence-electron chi connectivity index (χ2n) is 6.05. The Bertz CT molecular complexity index is 711. The minimum atomic E-state index is -0.770. The summed E-state index contributed by atoms with van der Waals surface area (Å²) in [4.78, 5) is 40.4. The third-order valence-corrected chi connectivity index (χ3v) is 4.51. The second-order valence-corrected chi connectivity index (χ2v) is 6.05. The Morgan fingerprint density at radius 2 is 1.67 bits per heavy atom. The molecule has 2 aromatic heterocycles. The lowest BCUT2D eigenvalue weighted by Crippen LogP contribution is -3.00. The number of anilines is 1. The molecule has 0 aliphatic carbocycles. The Morgan fingerprint density at radius 1 is 1.10 bits per heavy atom. The molecular formula is C13H16ClN5O2. The largest absolute Gasteiger partial charge is 1.00 e. The van der Waals surface area contributed by atoms with Gasteiger partial charge in [0.1, 0.15) is 0 Å². The first-order chi connectivity index (χ1) is 9.28. The van der Waals surface area contributed by atoms with Crippen molar-refractivity contribution in [3.63, 3.8) is 0 Å². The van der Waals surface area contributed by atoms with E-state index in [1.807, 2.05) is 0 Å². The van der Waals surface area contributed by atoms with E-state index in [1.165, 1.54) is 17.6 Å². The first-order valence-corrected chi connectivity index (χ1v) is 6.37. The fraction of sp³-hybridized carbons (Fsp3) is 0.462. The van der Waals surface area contributed by atoms with E-state index in [1.54, 1.807) is 27.7 Å². The summed E-state index contributed by atoms with van der Waals surface area (Å²) in [7, 11) is 0. The average Bonchev–Trinajstić information content (AvgIpc) is 2.90. The highest BCUT2D eigenvalue weighted by Crippen LogP contribution is 2.48. The Hall–Kier alpha value is -2.02. The summed E-state index contributed by atoms with van der Waals surface area (Å²) in [5.41, 5.74) is -0.536. The Labute approximate surface area is 127 Å². The number of halogens is 1. The lowest BCUT2D eigenvalue weighted by molar-refractivity contribution is -0.365. The predicted molar refractivity (Wildman–Crippen MR) is 70.5 cm³/mol. The van der Waals surface area contributed by atoms with E-state index in [0.29, 0.717) is 17.0 Å². The Kier molecular flexibility index (Phi) is 3.29. The predicted octanol–water partition coefficient (Wildman–Crippen LogP) is -2.30. The number of amides is 2. The molecule has 0 radical (unpaired) electrons. The van der Waals surface area contributed by atoms with E-state index < -0.39 is 10.8 Å². The van der Waals surface area contributed by atoms with Crippen LogP contribution < -0.4 is 22.3 Å². The molecule has 0 spiro atoms. The smallest absolute Gasteiger partial charge is 0.296 e. The number of aromatic amines is 2. The number of rotatable bonds is 1. The van der Waals surface area contributed by atoms with Crippen LogP contribution in [-0.4, -0.2) is 26.8 Å². The van der Waals surface area contributed by atoms with Crippen molar-refractivity contribution in [2.45, 2.75) is 27.7 Å². The third kappa shape index (κ3) is 1.77. The van der Waals surface area contributed by atoms with Crippen LogP contribution in [0.3, 0.4) is 0 Å². The summed E-state index contributed by atoms with van der Waals surface area (Å²) >= 11 is 0. The molecule has 1 aliphatic heterocycles. The summed E-state index contributed by atoms with van der Waals surface area (Å²) in [6.45, 7) is 7.16. The van der Waals surface area contributed by atoms with E-state index in [0.717, 1.165) is 0 Å². The number of hydrogen-bond donors (Lipinski definition) is 1. The zero-order chi connectivity index (χ0) is 14.7. The minimum absolute atomic E-state index is 0. The van der Waals surface area contributed by atoms with Crippen molar-refractivity contribution >= 4 is 28.8 Å². The van der Waals surface area contributed by atoms with Gasteiger partial charge in [-0.3, -0.25) is 9.59 Å². The molecule has 112 valence electrons. The molecule has 8 heteroatoms. The number of H-pyrrole nitrogens is 2. The number of nitrogens with one attached hydrogen (secondary N) is 2. The fourth-order valence-corrected chi connectivity index (χ4v) is 2.35. The van der Waals surface area contributed by atoms with Crippen molar-refractivity contribution in [1.82, 2.24) is 15.0 Å². The van der Waals surface area contributed by atoms with Crippen LogP contribution in [0.25, 0.3) is 11.2 Å². The van der Waals surface area contributed by atoms with Crippen LogP contribution in [0.2, 0.25) is 0 Å². The second kappa shape index (κ2) is 4.49. The zero-order valence-electron chi connectivity index (χ0n) is 12.2. The fourth-order valence-electron chi connectivity index (χ4n) is 2.35. The molecule has 2 amide bonds. The number of fused-ring (bicyclic) bond motifs is 1. The van der Waals surface area contributed by atoms with Gasteiger partial charge in [-0.25, -0.2) is 9.97 Å². The Morgan fingerprint density at radius 3 is 2.24 bits per heavy atom. The Balaban J connectivity index is 0.00000161. The van der Waals surface area contributed by atoms with Gasteiger partial charge in [-0.1, -0.05) is 4.98 Å². The molecule has 0 bridgehead atoms. The SMILES string of the molecule is CC1(C)C(=O)N(c2[nH+]cnc3nc[nH]c23)C(=O)C1(C)C.[Cl-]. The number of hydrogen-bond acceptors (Lipinski definition) is 4. The van der Waals surface area contributed by atoms with Crippen molar-refractivity contribution in [2.75, 3.05) is 4.90 Å². The summed E-state index contributed by atoms with van der Waals surface area (Å²) in [5.74, 6) is -0.0714. The van der Waals surface area contributed by atoms with Crippen molar-refractivity contribution in [1.29, 1.82) is 0 Å². The molecule has 3 heterocycles. The van der Waals surface area contributed by atoms with Crippen LogP contribution in [0.5, 0.6) is 0 Å². The number of carbonyl (C=O) groups excluding carboxylic acids is 2. The van der Waals surface area contributed by atoms with Crippen molar-refractivity contribution in [2.24, 2.45) is 10.8 Å². The van der Waals surface area contributed by atoms with E-state index in [-0.39, 0.29) is 24.2 Å².